The lowest BCUT2D eigenvalue weighted by atomic mass is 9.99. The molecule has 2 bridgehead atoms. The summed E-state index contributed by atoms with van der Waals surface area (Å²) in [4.78, 5) is 11.1. The number of nitrogens with one attached hydrogen (secondary N) is 1. The van der Waals surface area contributed by atoms with Gasteiger partial charge in [-0.2, -0.15) is 0 Å². The second-order valence-corrected chi connectivity index (χ2v) is 3.64. The number of halogens is 1. The van der Waals surface area contributed by atoms with Crippen LogP contribution in [0.1, 0.15) is 12.8 Å². The molecule has 1 heterocycles. The Morgan fingerprint density at radius 1 is 1.50 bits per heavy atom. The third kappa shape index (κ3) is 0.749. The first-order valence-electron chi connectivity index (χ1n) is 3.71. The van der Waals surface area contributed by atoms with Gasteiger partial charge in [0, 0.05) is 11.9 Å². The molecule has 0 aromatic rings. The molecule has 56 valence electrons. The minimum atomic E-state index is 0.111. The lowest BCUT2D eigenvalue weighted by Gasteiger charge is -2.24. The van der Waals surface area contributed by atoms with Crippen LogP contribution in [-0.2, 0) is 4.79 Å². The second kappa shape index (κ2) is 2.12. The van der Waals surface area contributed by atoms with Crippen LogP contribution >= 0.6 is 11.6 Å². The summed E-state index contributed by atoms with van der Waals surface area (Å²) in [6.45, 7) is 0.795. The summed E-state index contributed by atoms with van der Waals surface area (Å²) in [6, 6.07) is 0. The normalized spacial score (nSPS) is 45.3. The highest BCUT2D eigenvalue weighted by Crippen LogP contribution is 2.37. The van der Waals surface area contributed by atoms with Gasteiger partial charge in [0.25, 0.3) is 0 Å². The number of carbonyl (C=O) groups is 1. The average Bonchev–Trinajstić information content (AvgIpc) is 2.13. The van der Waals surface area contributed by atoms with Gasteiger partial charge in [0.1, 0.15) is 0 Å². The Balaban J connectivity index is 2.20. The van der Waals surface area contributed by atoms with Crippen LogP contribution in [0.4, 0.5) is 0 Å². The zero-order valence-corrected chi connectivity index (χ0v) is 6.40. The summed E-state index contributed by atoms with van der Waals surface area (Å²) in [7, 11) is 0. The summed E-state index contributed by atoms with van der Waals surface area (Å²) >= 11 is 6.01. The van der Waals surface area contributed by atoms with Gasteiger partial charge in [0.05, 0.1) is 5.92 Å². The monoisotopic (exact) mass is 159 g/mol. The predicted molar refractivity (Wildman–Crippen MR) is 38.9 cm³/mol. The summed E-state index contributed by atoms with van der Waals surface area (Å²) in [5.74, 6) is 0.818. The molecule has 0 unspecified atom stereocenters. The van der Waals surface area contributed by atoms with E-state index in [1.807, 2.05) is 0 Å². The number of hydrogen-bond donors (Lipinski definition) is 1. The van der Waals surface area contributed by atoms with Crippen LogP contribution in [0.3, 0.4) is 0 Å². The fourth-order valence-corrected chi connectivity index (χ4v) is 2.35. The van der Waals surface area contributed by atoms with Gasteiger partial charge in [0.2, 0.25) is 5.91 Å². The molecule has 1 N–H and O–H groups in total. The van der Waals surface area contributed by atoms with Crippen molar-refractivity contribution in [3.8, 4) is 0 Å². The maximum Gasteiger partial charge on any atom is 0.224 e. The molecule has 3 atom stereocenters. The molecular weight excluding hydrogens is 150 g/mol. The molecule has 1 aliphatic heterocycles. The van der Waals surface area contributed by atoms with Crippen molar-refractivity contribution in [2.45, 2.75) is 18.2 Å². The number of alkyl halides is 1. The van der Waals surface area contributed by atoms with Crippen LogP contribution in [-0.4, -0.2) is 17.8 Å². The molecule has 0 spiro atoms. The van der Waals surface area contributed by atoms with Gasteiger partial charge >= 0.3 is 0 Å². The molecule has 10 heavy (non-hydrogen) atoms. The van der Waals surface area contributed by atoms with Crippen molar-refractivity contribution >= 4 is 17.5 Å². The highest BCUT2D eigenvalue weighted by molar-refractivity contribution is 6.22. The van der Waals surface area contributed by atoms with Crippen LogP contribution in [0.25, 0.3) is 0 Å². The van der Waals surface area contributed by atoms with Gasteiger partial charge in [-0.1, -0.05) is 0 Å². The Kier molecular flexibility index (Phi) is 1.37. The standard InChI is InChI=1S/C7H10ClNO/c8-6-4-1-2-5(6)7(10)9-3-4/h4-6H,1-3H2,(H,9,10)/t4-,5-,6+/m1/s1. The van der Waals surface area contributed by atoms with Crippen molar-refractivity contribution in [3.63, 3.8) is 0 Å². The maximum atomic E-state index is 11.1. The van der Waals surface area contributed by atoms with Crippen molar-refractivity contribution < 1.29 is 4.79 Å². The fraction of sp³-hybridized carbons (Fsp3) is 0.857. The first kappa shape index (κ1) is 6.47. The zero-order valence-electron chi connectivity index (χ0n) is 5.64. The topological polar surface area (TPSA) is 29.1 Å². The first-order chi connectivity index (χ1) is 4.79. The van der Waals surface area contributed by atoms with E-state index in [9.17, 15) is 4.79 Å². The second-order valence-electron chi connectivity index (χ2n) is 3.13. The van der Waals surface area contributed by atoms with E-state index >= 15 is 0 Å². The smallest absolute Gasteiger partial charge is 0.224 e. The summed E-state index contributed by atoms with van der Waals surface area (Å²) in [5, 5.41) is 2.97. The predicted octanol–water partition coefficient (Wildman–Crippen LogP) is 0.750. The fourth-order valence-electron chi connectivity index (χ4n) is 1.89. The van der Waals surface area contributed by atoms with Crippen molar-refractivity contribution in [1.29, 1.82) is 0 Å². The van der Waals surface area contributed by atoms with Crippen LogP contribution in [0, 0.1) is 11.8 Å². The van der Waals surface area contributed by atoms with E-state index in [0.717, 1.165) is 19.4 Å². The Labute approximate surface area is 64.9 Å². The molecule has 2 fully saturated rings. The number of carbonyl (C=O) groups excluding carboxylic acids is 1. The van der Waals surface area contributed by atoms with Crippen LogP contribution < -0.4 is 5.32 Å². The average molecular weight is 160 g/mol. The highest BCUT2D eigenvalue weighted by Gasteiger charge is 2.42. The van der Waals surface area contributed by atoms with Gasteiger partial charge in [-0.25, -0.2) is 0 Å². The van der Waals surface area contributed by atoms with Gasteiger partial charge in [0.15, 0.2) is 0 Å². The zero-order chi connectivity index (χ0) is 7.14. The summed E-state index contributed by atoms with van der Waals surface area (Å²) in [6.07, 6.45) is 2.11. The van der Waals surface area contributed by atoms with Crippen molar-refractivity contribution in [2.24, 2.45) is 11.8 Å². The molecular formula is C7H10ClNO. The lowest BCUT2D eigenvalue weighted by molar-refractivity contribution is -0.125. The number of rotatable bonds is 0. The maximum absolute atomic E-state index is 11.1. The third-order valence-electron chi connectivity index (χ3n) is 2.56. The van der Waals surface area contributed by atoms with Gasteiger partial charge in [-0.05, 0) is 18.8 Å². The highest BCUT2D eigenvalue weighted by atomic mass is 35.5. The number of fused-ring (bicyclic) bond motifs is 2. The summed E-state index contributed by atoms with van der Waals surface area (Å²) < 4.78 is 0. The third-order valence-corrected chi connectivity index (χ3v) is 3.22. The van der Waals surface area contributed by atoms with Crippen molar-refractivity contribution in [3.05, 3.63) is 0 Å². The molecule has 1 saturated heterocycles. The van der Waals surface area contributed by atoms with Gasteiger partial charge in [-0.15, -0.1) is 11.6 Å². The van der Waals surface area contributed by atoms with E-state index in [-0.39, 0.29) is 17.2 Å². The molecule has 3 heteroatoms. The molecule has 0 aromatic heterocycles. The number of amides is 1. The van der Waals surface area contributed by atoms with E-state index in [1.54, 1.807) is 0 Å². The molecule has 2 aliphatic rings. The first-order valence-corrected chi connectivity index (χ1v) is 4.14. The van der Waals surface area contributed by atoms with Crippen molar-refractivity contribution in [2.75, 3.05) is 6.54 Å². The molecule has 2 rings (SSSR count). The Morgan fingerprint density at radius 3 is 3.00 bits per heavy atom. The van der Waals surface area contributed by atoms with E-state index in [2.05, 4.69) is 5.32 Å². The van der Waals surface area contributed by atoms with E-state index in [0.29, 0.717) is 5.92 Å². The largest absolute Gasteiger partial charge is 0.355 e. The van der Waals surface area contributed by atoms with Crippen LogP contribution in [0.2, 0.25) is 0 Å². The van der Waals surface area contributed by atoms with Crippen molar-refractivity contribution in [1.82, 2.24) is 5.32 Å². The molecule has 1 amide bonds. The molecule has 0 aromatic carbocycles. The Morgan fingerprint density at radius 2 is 2.30 bits per heavy atom. The van der Waals surface area contributed by atoms with E-state index in [4.69, 9.17) is 11.6 Å². The molecule has 1 aliphatic carbocycles. The Bertz CT molecular complexity index is 171. The van der Waals surface area contributed by atoms with Gasteiger partial charge in [-0.3, -0.25) is 4.79 Å². The lowest BCUT2D eigenvalue weighted by Crippen LogP contribution is -2.43. The van der Waals surface area contributed by atoms with Crippen LogP contribution in [0.5, 0.6) is 0 Å². The SMILES string of the molecule is O=C1NC[C@H]2CC[C@@H]1[C@H]2Cl. The minimum Gasteiger partial charge on any atom is -0.355 e. The van der Waals surface area contributed by atoms with E-state index < -0.39 is 0 Å². The Hall–Kier alpha value is -0.240. The quantitative estimate of drug-likeness (QED) is 0.520. The minimum absolute atomic E-state index is 0.111. The number of hydrogen-bond acceptors (Lipinski definition) is 1. The molecule has 0 radical (unpaired) electrons. The number of piperidine rings is 1. The summed E-state index contributed by atoms with van der Waals surface area (Å²) in [5.41, 5.74) is 0. The molecule has 1 saturated carbocycles. The molecule has 2 nitrogen and oxygen atoms in total. The van der Waals surface area contributed by atoms with E-state index in [1.165, 1.54) is 0 Å². The van der Waals surface area contributed by atoms with Crippen LogP contribution in [0.15, 0.2) is 0 Å². The van der Waals surface area contributed by atoms with Gasteiger partial charge < -0.3 is 5.32 Å².